The highest BCUT2D eigenvalue weighted by Crippen LogP contribution is 2.12. The topological polar surface area (TPSA) is 294 Å². The van der Waals surface area contributed by atoms with Crippen LogP contribution in [0.4, 0.5) is 0 Å². The molecular weight excluding hydrogens is 508 g/mol. The number of carbonyl (C=O) groups is 7. The van der Waals surface area contributed by atoms with Crippen LogP contribution in [-0.4, -0.2) is 81.0 Å². The number of nitrogens with one attached hydrogen (secondary N) is 3. The molecule has 12 N–H and O–H groups in total. The van der Waals surface area contributed by atoms with E-state index in [2.05, 4.69) is 10.6 Å². The Bertz CT molecular complexity index is 1060. The highest BCUT2D eigenvalue weighted by atomic mass is 16.4. The molecule has 4 unspecified atom stereocenters. The van der Waals surface area contributed by atoms with Gasteiger partial charge in [0.15, 0.2) is 0 Å². The minimum absolute atomic E-state index is 0.0746. The molecular formula is C22H30N6O10. The van der Waals surface area contributed by atoms with Crippen LogP contribution in [0.2, 0.25) is 0 Å². The fourth-order valence-electron chi connectivity index (χ4n) is 3.14. The number of amides is 5. The van der Waals surface area contributed by atoms with Crippen molar-refractivity contribution in [3.05, 3.63) is 29.8 Å². The zero-order valence-corrected chi connectivity index (χ0v) is 20.1. The molecule has 1 aromatic carbocycles. The Hall–Kier alpha value is -4.73. The molecule has 0 aliphatic heterocycles. The van der Waals surface area contributed by atoms with E-state index in [1.807, 2.05) is 5.32 Å². The number of hydrogen-bond donors (Lipinski definition) is 9. The molecule has 38 heavy (non-hydrogen) atoms. The van der Waals surface area contributed by atoms with Gasteiger partial charge >= 0.3 is 11.9 Å². The minimum atomic E-state index is -1.73. The second-order valence-corrected chi connectivity index (χ2v) is 8.27. The molecule has 0 aliphatic rings. The van der Waals surface area contributed by atoms with E-state index >= 15 is 0 Å². The zero-order chi connectivity index (χ0) is 29.0. The van der Waals surface area contributed by atoms with Gasteiger partial charge in [0, 0.05) is 12.8 Å². The molecule has 208 valence electrons. The maximum Gasteiger partial charge on any atom is 0.326 e. The van der Waals surface area contributed by atoms with Gasteiger partial charge < -0.3 is 48.5 Å². The zero-order valence-electron chi connectivity index (χ0n) is 20.1. The fourth-order valence-corrected chi connectivity index (χ4v) is 3.14. The van der Waals surface area contributed by atoms with Crippen molar-refractivity contribution < 1.29 is 48.9 Å². The van der Waals surface area contributed by atoms with Crippen LogP contribution in [0.15, 0.2) is 24.3 Å². The van der Waals surface area contributed by atoms with Gasteiger partial charge in [0.05, 0.1) is 18.9 Å². The van der Waals surface area contributed by atoms with Crippen LogP contribution in [0.1, 0.15) is 31.2 Å². The largest absolute Gasteiger partial charge is 0.508 e. The Morgan fingerprint density at radius 3 is 1.76 bits per heavy atom. The number of aliphatic carboxylic acids is 2. The molecule has 16 nitrogen and oxygen atoms in total. The Morgan fingerprint density at radius 1 is 0.737 bits per heavy atom. The van der Waals surface area contributed by atoms with E-state index in [1.54, 1.807) is 0 Å². The Labute approximate surface area is 215 Å². The van der Waals surface area contributed by atoms with Gasteiger partial charge in [-0.05, 0) is 24.1 Å². The number of carboxylic acids is 2. The van der Waals surface area contributed by atoms with Gasteiger partial charge in [-0.15, -0.1) is 0 Å². The smallest absolute Gasteiger partial charge is 0.326 e. The number of carboxylic acid groups (broad SMARTS) is 2. The maximum atomic E-state index is 13.1. The maximum absolute atomic E-state index is 13.1. The molecule has 4 atom stereocenters. The quantitative estimate of drug-likeness (QED) is 0.0990. The van der Waals surface area contributed by atoms with E-state index in [1.165, 1.54) is 24.3 Å². The second kappa shape index (κ2) is 14.7. The summed E-state index contributed by atoms with van der Waals surface area (Å²) < 4.78 is 0. The van der Waals surface area contributed by atoms with Crippen molar-refractivity contribution in [2.45, 2.75) is 56.3 Å². The average Bonchev–Trinajstić information content (AvgIpc) is 2.80. The van der Waals surface area contributed by atoms with E-state index in [4.69, 9.17) is 22.3 Å². The monoisotopic (exact) mass is 538 g/mol. The standard InChI is InChI=1S/C22H30N6O10/c23-12(8-18(32)33)19(34)27-14(7-10-1-3-11(29)4-2-10)21(36)26-13(5-6-16(24)30)20(35)28-15(22(37)38)9-17(25)31/h1-4,12-15,29H,5-9,23H2,(H2,24,30)(H2,25,31)(H,26,36)(H,27,34)(H,28,35)(H,32,33)(H,37,38). The molecule has 0 spiro atoms. The van der Waals surface area contributed by atoms with Gasteiger partial charge in [0.25, 0.3) is 0 Å². The van der Waals surface area contributed by atoms with Crippen molar-refractivity contribution in [1.29, 1.82) is 0 Å². The van der Waals surface area contributed by atoms with E-state index < -0.39 is 84.9 Å². The van der Waals surface area contributed by atoms with Gasteiger partial charge in [0.1, 0.15) is 23.9 Å². The number of nitrogens with two attached hydrogens (primary N) is 3. The summed E-state index contributed by atoms with van der Waals surface area (Å²) >= 11 is 0. The van der Waals surface area contributed by atoms with Gasteiger partial charge in [-0.1, -0.05) is 12.1 Å². The number of carbonyl (C=O) groups excluding carboxylic acids is 5. The van der Waals surface area contributed by atoms with Gasteiger partial charge in [0.2, 0.25) is 29.5 Å². The first-order chi connectivity index (χ1) is 17.7. The van der Waals surface area contributed by atoms with E-state index in [0.29, 0.717) is 5.56 Å². The molecule has 16 heteroatoms. The Kier molecular flexibility index (Phi) is 12.1. The molecule has 0 fully saturated rings. The van der Waals surface area contributed by atoms with Crippen LogP contribution in [0.5, 0.6) is 5.75 Å². The average molecular weight is 539 g/mol. The summed E-state index contributed by atoms with van der Waals surface area (Å²) in [6.07, 6.45) is -2.45. The normalized spacial score (nSPS) is 13.7. The van der Waals surface area contributed by atoms with Gasteiger partial charge in [-0.2, -0.15) is 0 Å². The second-order valence-electron chi connectivity index (χ2n) is 8.27. The van der Waals surface area contributed by atoms with Crippen LogP contribution in [0.25, 0.3) is 0 Å². The number of hydrogen-bond acceptors (Lipinski definition) is 9. The molecule has 0 aliphatic carbocycles. The van der Waals surface area contributed by atoms with Gasteiger partial charge in [-0.25, -0.2) is 4.79 Å². The van der Waals surface area contributed by atoms with E-state index in [0.717, 1.165) is 0 Å². The van der Waals surface area contributed by atoms with Crippen LogP contribution in [0.3, 0.4) is 0 Å². The van der Waals surface area contributed by atoms with Crippen LogP contribution in [-0.2, 0) is 40.0 Å². The number of phenolic OH excluding ortho intramolecular Hbond substituents is 1. The first kappa shape index (κ1) is 31.3. The van der Waals surface area contributed by atoms with Crippen LogP contribution >= 0.6 is 0 Å². The minimum Gasteiger partial charge on any atom is -0.508 e. The van der Waals surface area contributed by atoms with Gasteiger partial charge in [-0.3, -0.25) is 28.8 Å². The first-order valence-corrected chi connectivity index (χ1v) is 11.1. The van der Waals surface area contributed by atoms with Crippen molar-refractivity contribution in [3.8, 4) is 5.75 Å². The molecule has 0 saturated carbocycles. The third-order valence-electron chi connectivity index (χ3n) is 5.07. The SMILES string of the molecule is NC(=O)CCC(NC(=O)C(Cc1ccc(O)cc1)NC(=O)C(N)CC(=O)O)C(=O)NC(CC(N)=O)C(=O)O. The van der Waals surface area contributed by atoms with Crippen LogP contribution < -0.4 is 33.2 Å². The molecule has 1 aromatic rings. The molecule has 0 saturated heterocycles. The Balaban J connectivity index is 3.18. The van der Waals surface area contributed by atoms with Crippen molar-refractivity contribution >= 4 is 41.5 Å². The summed E-state index contributed by atoms with van der Waals surface area (Å²) in [5.41, 5.74) is 16.1. The number of phenols is 1. The molecule has 5 amide bonds. The van der Waals surface area contributed by atoms with Crippen molar-refractivity contribution in [2.24, 2.45) is 17.2 Å². The number of aromatic hydroxyl groups is 1. The summed E-state index contributed by atoms with van der Waals surface area (Å²) in [5, 5.41) is 34.2. The molecule has 0 heterocycles. The number of rotatable bonds is 16. The predicted octanol–water partition coefficient (Wildman–Crippen LogP) is -3.58. The number of benzene rings is 1. The van der Waals surface area contributed by atoms with Crippen molar-refractivity contribution in [3.63, 3.8) is 0 Å². The summed E-state index contributed by atoms with van der Waals surface area (Å²) in [6.45, 7) is 0. The summed E-state index contributed by atoms with van der Waals surface area (Å²) in [6, 6.07) is -0.675. The molecule has 0 aromatic heterocycles. The lowest BCUT2D eigenvalue weighted by molar-refractivity contribution is -0.144. The third-order valence-corrected chi connectivity index (χ3v) is 5.07. The third kappa shape index (κ3) is 11.3. The predicted molar refractivity (Wildman–Crippen MR) is 128 cm³/mol. The first-order valence-electron chi connectivity index (χ1n) is 11.1. The van der Waals surface area contributed by atoms with Crippen LogP contribution in [0, 0.1) is 0 Å². The summed E-state index contributed by atoms with van der Waals surface area (Å²) in [7, 11) is 0. The van der Waals surface area contributed by atoms with E-state index in [9.17, 15) is 43.8 Å². The lowest BCUT2D eigenvalue weighted by Gasteiger charge is -2.25. The fraction of sp³-hybridized carbons (Fsp3) is 0.409. The Morgan fingerprint density at radius 2 is 1.26 bits per heavy atom. The van der Waals surface area contributed by atoms with Crippen molar-refractivity contribution in [2.75, 3.05) is 0 Å². The summed E-state index contributed by atoms with van der Waals surface area (Å²) in [4.78, 5) is 83.0. The lowest BCUT2D eigenvalue weighted by Crippen LogP contribution is -2.58. The summed E-state index contributed by atoms with van der Waals surface area (Å²) in [5.74, 6) is -7.92. The van der Waals surface area contributed by atoms with Crippen molar-refractivity contribution in [1.82, 2.24) is 16.0 Å². The van der Waals surface area contributed by atoms with E-state index in [-0.39, 0.29) is 18.6 Å². The molecule has 1 rings (SSSR count). The highest BCUT2D eigenvalue weighted by molar-refractivity contribution is 5.95. The number of primary amides is 2. The molecule has 0 radical (unpaired) electrons. The highest BCUT2D eigenvalue weighted by Gasteiger charge is 2.31. The molecule has 0 bridgehead atoms. The lowest BCUT2D eigenvalue weighted by atomic mass is 10.0.